The Kier molecular flexibility index (Phi) is 8.13. The fourth-order valence-corrected chi connectivity index (χ4v) is 3.18. The van der Waals surface area contributed by atoms with E-state index in [0.717, 1.165) is 12.7 Å². The average Bonchev–Trinajstić information content (AvgIpc) is 2.85. The van der Waals surface area contributed by atoms with Gasteiger partial charge >= 0.3 is 0 Å². The summed E-state index contributed by atoms with van der Waals surface area (Å²) in [4.78, 5) is 28.8. The first kappa shape index (κ1) is 23.9. The molecule has 0 saturated heterocycles. The zero-order valence-electron chi connectivity index (χ0n) is 18.9. The molecule has 1 heterocycles. The first-order valence-electron chi connectivity index (χ1n) is 10.7. The number of carbonyl (C=O) groups is 2. The Balaban J connectivity index is 1.89. The van der Waals surface area contributed by atoms with E-state index in [9.17, 15) is 14.0 Å². The number of nitrogens with zero attached hydrogens (tertiary/aromatic N) is 1. The number of benzene rings is 2. The lowest BCUT2D eigenvalue weighted by molar-refractivity contribution is 0.0945. The van der Waals surface area contributed by atoms with Gasteiger partial charge in [-0.1, -0.05) is 26.3 Å². The highest BCUT2D eigenvalue weighted by Gasteiger charge is 2.17. The maximum Gasteiger partial charge on any atom is 0.255 e. The van der Waals surface area contributed by atoms with Gasteiger partial charge in [0.25, 0.3) is 5.91 Å². The quantitative estimate of drug-likeness (QED) is 0.437. The van der Waals surface area contributed by atoms with Gasteiger partial charge in [0.15, 0.2) is 17.9 Å². The summed E-state index contributed by atoms with van der Waals surface area (Å²) < 4.78 is 24.9. The Labute approximate surface area is 192 Å². The monoisotopic (exact) mass is 450 g/mol. The van der Waals surface area contributed by atoms with E-state index >= 15 is 0 Å². The van der Waals surface area contributed by atoms with Crippen molar-refractivity contribution in [1.29, 1.82) is 0 Å². The highest BCUT2D eigenvalue weighted by Crippen LogP contribution is 2.28. The van der Waals surface area contributed by atoms with Crippen LogP contribution in [0, 0.1) is 11.7 Å². The second-order valence-corrected chi connectivity index (χ2v) is 7.75. The number of amides is 1. The highest BCUT2D eigenvalue weighted by molar-refractivity contribution is 5.98. The van der Waals surface area contributed by atoms with Crippen LogP contribution in [0.15, 0.2) is 54.7 Å². The van der Waals surface area contributed by atoms with Crippen molar-refractivity contribution in [2.24, 2.45) is 5.92 Å². The Morgan fingerprint density at radius 3 is 2.67 bits per heavy atom. The second-order valence-electron chi connectivity index (χ2n) is 7.75. The third kappa shape index (κ3) is 5.94. The summed E-state index contributed by atoms with van der Waals surface area (Å²) >= 11 is 0. The van der Waals surface area contributed by atoms with E-state index in [4.69, 9.17) is 9.47 Å². The molecule has 1 amide bonds. The van der Waals surface area contributed by atoms with Crippen molar-refractivity contribution in [2.75, 3.05) is 13.7 Å². The van der Waals surface area contributed by atoms with Crippen LogP contribution in [0.3, 0.4) is 0 Å². The topological polar surface area (TPSA) is 77.5 Å². The van der Waals surface area contributed by atoms with E-state index < -0.39 is 5.82 Å². The van der Waals surface area contributed by atoms with E-state index in [1.807, 2.05) is 0 Å². The van der Waals surface area contributed by atoms with Crippen molar-refractivity contribution >= 4 is 12.2 Å². The average molecular weight is 451 g/mol. The molecule has 2 aromatic carbocycles. The van der Waals surface area contributed by atoms with Gasteiger partial charge in [-0.25, -0.2) is 4.39 Å². The minimum atomic E-state index is -0.500. The molecule has 0 aliphatic carbocycles. The molecule has 33 heavy (non-hydrogen) atoms. The highest BCUT2D eigenvalue weighted by atomic mass is 19.1. The van der Waals surface area contributed by atoms with Gasteiger partial charge in [-0.15, -0.1) is 0 Å². The summed E-state index contributed by atoms with van der Waals surface area (Å²) in [6.07, 6.45) is 3.26. The van der Waals surface area contributed by atoms with Crippen molar-refractivity contribution in [3.8, 4) is 22.8 Å². The molecular formula is C26H27FN2O4. The summed E-state index contributed by atoms with van der Waals surface area (Å²) in [5.41, 5.74) is 2.42. The summed E-state index contributed by atoms with van der Waals surface area (Å²) in [5.74, 6) is 0.0115. The number of ether oxygens (including phenoxy) is 2. The van der Waals surface area contributed by atoms with Gasteiger partial charge in [0.2, 0.25) is 0 Å². The van der Waals surface area contributed by atoms with E-state index in [0.29, 0.717) is 46.2 Å². The number of pyridine rings is 1. The fraction of sp³-hybridized carbons (Fsp3) is 0.269. The van der Waals surface area contributed by atoms with E-state index in [-0.39, 0.29) is 18.2 Å². The van der Waals surface area contributed by atoms with Crippen LogP contribution >= 0.6 is 0 Å². The maximum atomic E-state index is 14.0. The molecule has 1 aromatic heterocycles. The van der Waals surface area contributed by atoms with Crippen molar-refractivity contribution < 1.29 is 23.5 Å². The first-order valence-corrected chi connectivity index (χ1v) is 10.7. The van der Waals surface area contributed by atoms with Gasteiger partial charge in [0, 0.05) is 23.9 Å². The predicted octanol–water partition coefficient (Wildman–Crippen LogP) is 5.06. The largest absolute Gasteiger partial charge is 0.494 e. The molecule has 1 N–H and O–H groups in total. The third-order valence-electron chi connectivity index (χ3n) is 5.35. The van der Waals surface area contributed by atoms with Gasteiger partial charge in [-0.05, 0) is 53.9 Å². The van der Waals surface area contributed by atoms with Crippen molar-refractivity contribution in [1.82, 2.24) is 10.3 Å². The lowest BCUT2D eigenvalue weighted by Gasteiger charge is -2.16. The van der Waals surface area contributed by atoms with Crippen LogP contribution in [0.25, 0.3) is 11.3 Å². The lowest BCUT2D eigenvalue weighted by Crippen LogP contribution is -2.24. The molecule has 1 atom stereocenters. The number of hydrogen-bond acceptors (Lipinski definition) is 5. The molecular weight excluding hydrogens is 423 g/mol. The molecule has 0 fully saturated rings. The minimum Gasteiger partial charge on any atom is -0.494 e. The van der Waals surface area contributed by atoms with Gasteiger partial charge < -0.3 is 14.8 Å². The molecule has 7 heteroatoms. The van der Waals surface area contributed by atoms with Crippen molar-refractivity contribution in [3.05, 3.63) is 77.2 Å². The molecule has 0 aliphatic rings. The number of halogens is 1. The zero-order valence-corrected chi connectivity index (χ0v) is 18.9. The summed E-state index contributed by atoms with van der Waals surface area (Å²) in [6, 6.07) is 13.0. The lowest BCUT2D eigenvalue weighted by atomic mass is 10.0. The molecule has 3 rings (SSSR count). The maximum absolute atomic E-state index is 14.0. The molecule has 6 nitrogen and oxygen atoms in total. The van der Waals surface area contributed by atoms with Gasteiger partial charge in [0.05, 0.1) is 25.0 Å². The molecule has 172 valence electrons. The summed E-state index contributed by atoms with van der Waals surface area (Å²) in [7, 11) is 1.39. The Bertz CT molecular complexity index is 1130. The number of rotatable bonds is 10. The predicted molar refractivity (Wildman–Crippen MR) is 124 cm³/mol. The number of aromatic nitrogens is 1. The van der Waals surface area contributed by atoms with E-state index in [1.165, 1.54) is 19.2 Å². The van der Waals surface area contributed by atoms with Gasteiger partial charge in [-0.3, -0.25) is 14.6 Å². The minimum absolute atomic E-state index is 0.123. The standard InChI is InChI=1S/C26H27FN2O4/c1-4-17(2)16-33-23-10-8-19(25-20(15-30)6-5-11-28-25)13-21(23)26(31)29-14-18-7-9-24(32-3)22(27)12-18/h5-13,15,17H,4,14,16H2,1-3H3,(H,29,31). The zero-order chi connectivity index (χ0) is 23.8. The normalized spacial score (nSPS) is 11.5. The Morgan fingerprint density at radius 2 is 1.97 bits per heavy atom. The second kappa shape index (κ2) is 11.2. The number of nitrogens with one attached hydrogen (secondary N) is 1. The number of aldehydes is 1. The smallest absolute Gasteiger partial charge is 0.255 e. The van der Waals surface area contributed by atoms with Crippen molar-refractivity contribution in [2.45, 2.75) is 26.8 Å². The molecule has 0 saturated carbocycles. The Hall–Kier alpha value is -3.74. The third-order valence-corrected chi connectivity index (χ3v) is 5.35. The molecule has 0 radical (unpaired) electrons. The SMILES string of the molecule is CCC(C)COc1ccc(-c2ncccc2C=O)cc1C(=O)NCc1ccc(OC)c(F)c1. The van der Waals surface area contributed by atoms with Crippen LogP contribution in [0.5, 0.6) is 11.5 Å². The summed E-state index contributed by atoms with van der Waals surface area (Å²) in [6.45, 7) is 4.72. The van der Waals surface area contributed by atoms with Crippen LogP contribution in [-0.2, 0) is 6.54 Å². The Morgan fingerprint density at radius 1 is 1.18 bits per heavy atom. The molecule has 3 aromatic rings. The summed E-state index contributed by atoms with van der Waals surface area (Å²) in [5, 5.41) is 2.81. The number of methoxy groups -OCH3 is 1. The van der Waals surface area contributed by atoms with Gasteiger partial charge in [-0.2, -0.15) is 0 Å². The van der Waals surface area contributed by atoms with Crippen LogP contribution in [0.2, 0.25) is 0 Å². The van der Waals surface area contributed by atoms with Crippen LogP contribution < -0.4 is 14.8 Å². The molecule has 0 aliphatic heterocycles. The van der Waals surface area contributed by atoms with E-state index in [1.54, 1.807) is 42.6 Å². The van der Waals surface area contributed by atoms with Crippen LogP contribution in [0.1, 0.15) is 46.5 Å². The fourth-order valence-electron chi connectivity index (χ4n) is 3.18. The van der Waals surface area contributed by atoms with Crippen LogP contribution in [-0.4, -0.2) is 30.9 Å². The molecule has 1 unspecified atom stereocenters. The number of carbonyl (C=O) groups excluding carboxylic acids is 2. The first-order chi connectivity index (χ1) is 16.0. The van der Waals surface area contributed by atoms with E-state index in [2.05, 4.69) is 24.1 Å². The van der Waals surface area contributed by atoms with Gasteiger partial charge in [0.1, 0.15) is 5.75 Å². The molecule has 0 bridgehead atoms. The number of hydrogen-bond donors (Lipinski definition) is 1. The van der Waals surface area contributed by atoms with Crippen molar-refractivity contribution in [3.63, 3.8) is 0 Å². The van der Waals surface area contributed by atoms with Crippen LogP contribution in [0.4, 0.5) is 4.39 Å². The molecule has 0 spiro atoms.